The van der Waals surface area contributed by atoms with E-state index in [9.17, 15) is 0 Å². The third-order valence-electron chi connectivity index (χ3n) is 2.82. The van der Waals surface area contributed by atoms with Crippen LogP contribution in [0.15, 0.2) is 30.3 Å². The fourth-order valence-corrected chi connectivity index (χ4v) is 2.06. The Balaban J connectivity index is 2.32. The first-order valence-electron chi connectivity index (χ1n) is 6.70. The Kier molecular flexibility index (Phi) is 4.41. The quantitative estimate of drug-likeness (QED) is 0.928. The maximum absolute atomic E-state index is 6.22. The second-order valence-electron chi connectivity index (χ2n) is 5.91. The van der Waals surface area contributed by atoms with Gasteiger partial charge in [-0.1, -0.05) is 23.7 Å². The van der Waals surface area contributed by atoms with Gasteiger partial charge in [0.25, 0.3) is 0 Å². The van der Waals surface area contributed by atoms with Crippen LogP contribution in [0.2, 0.25) is 5.02 Å². The lowest BCUT2D eigenvalue weighted by Crippen LogP contribution is -2.35. The molecular weight excluding hydrogens is 270 g/mol. The summed E-state index contributed by atoms with van der Waals surface area (Å²) in [6.45, 7) is 9.09. The zero-order valence-corrected chi connectivity index (χ0v) is 13.1. The third kappa shape index (κ3) is 4.02. The van der Waals surface area contributed by atoms with E-state index >= 15 is 0 Å². The molecule has 0 saturated heterocycles. The molecule has 20 heavy (non-hydrogen) atoms. The number of rotatable bonds is 3. The van der Waals surface area contributed by atoms with Crippen molar-refractivity contribution >= 4 is 11.6 Å². The maximum atomic E-state index is 6.22. The van der Waals surface area contributed by atoms with Crippen LogP contribution in [0.5, 0.6) is 0 Å². The van der Waals surface area contributed by atoms with Gasteiger partial charge in [-0.2, -0.15) is 0 Å². The highest BCUT2D eigenvalue weighted by Gasteiger charge is 2.11. The summed E-state index contributed by atoms with van der Waals surface area (Å²) in [6.07, 6.45) is 0. The first-order chi connectivity index (χ1) is 9.35. The van der Waals surface area contributed by atoms with Gasteiger partial charge in [-0.25, -0.2) is 9.97 Å². The standard InChI is InChI=1S/C16H20ClN3/c1-11-9-12(10-18-16(2,3)4)20-15(19-11)13-7-5-6-8-14(13)17/h5-9,18H,10H2,1-4H3. The van der Waals surface area contributed by atoms with Crippen LogP contribution >= 0.6 is 11.6 Å². The van der Waals surface area contributed by atoms with Crippen LogP contribution in [0.3, 0.4) is 0 Å². The van der Waals surface area contributed by atoms with Crippen LogP contribution in [0.25, 0.3) is 11.4 Å². The predicted molar refractivity (Wildman–Crippen MR) is 83.8 cm³/mol. The van der Waals surface area contributed by atoms with Crippen molar-refractivity contribution in [1.29, 1.82) is 0 Å². The van der Waals surface area contributed by atoms with Crippen LogP contribution in [-0.2, 0) is 6.54 Å². The number of nitrogens with zero attached hydrogens (tertiary/aromatic N) is 2. The normalized spacial score (nSPS) is 11.7. The van der Waals surface area contributed by atoms with Crippen molar-refractivity contribution in [2.45, 2.75) is 39.8 Å². The predicted octanol–water partition coefficient (Wildman–Crippen LogP) is 3.99. The SMILES string of the molecule is Cc1cc(CNC(C)(C)C)nc(-c2ccccc2Cl)n1. The van der Waals surface area contributed by atoms with Crippen LogP contribution < -0.4 is 5.32 Å². The molecule has 1 aromatic heterocycles. The van der Waals surface area contributed by atoms with E-state index in [1.807, 2.05) is 37.3 Å². The topological polar surface area (TPSA) is 37.8 Å². The second kappa shape index (κ2) is 5.90. The molecule has 0 amide bonds. The Bertz CT molecular complexity index is 603. The molecule has 1 N–H and O–H groups in total. The Morgan fingerprint density at radius 1 is 1.15 bits per heavy atom. The van der Waals surface area contributed by atoms with Gasteiger partial charge in [0.2, 0.25) is 0 Å². The molecule has 1 heterocycles. The molecule has 0 aliphatic heterocycles. The molecule has 0 fully saturated rings. The lowest BCUT2D eigenvalue weighted by atomic mass is 10.1. The fourth-order valence-electron chi connectivity index (χ4n) is 1.84. The smallest absolute Gasteiger partial charge is 0.161 e. The molecule has 3 nitrogen and oxygen atoms in total. The molecule has 0 bridgehead atoms. The molecule has 0 aliphatic carbocycles. The number of benzene rings is 1. The van der Waals surface area contributed by atoms with E-state index in [1.165, 1.54) is 0 Å². The van der Waals surface area contributed by atoms with Gasteiger partial charge in [-0.05, 0) is 45.9 Å². The Hall–Kier alpha value is -1.45. The molecule has 0 unspecified atom stereocenters. The minimum Gasteiger partial charge on any atom is -0.306 e. The summed E-state index contributed by atoms with van der Waals surface area (Å²) in [4.78, 5) is 9.10. The van der Waals surface area contributed by atoms with Crippen LogP contribution in [0.1, 0.15) is 32.2 Å². The average molecular weight is 290 g/mol. The molecule has 4 heteroatoms. The van der Waals surface area contributed by atoms with Gasteiger partial charge in [0.1, 0.15) is 0 Å². The van der Waals surface area contributed by atoms with Crippen LogP contribution in [0, 0.1) is 6.92 Å². The van der Waals surface area contributed by atoms with Crippen molar-refractivity contribution in [2.75, 3.05) is 0 Å². The number of nitrogens with one attached hydrogen (secondary N) is 1. The Morgan fingerprint density at radius 3 is 2.50 bits per heavy atom. The molecular formula is C16H20ClN3. The monoisotopic (exact) mass is 289 g/mol. The third-order valence-corrected chi connectivity index (χ3v) is 3.15. The summed E-state index contributed by atoms with van der Waals surface area (Å²) in [5.41, 5.74) is 2.85. The van der Waals surface area contributed by atoms with E-state index in [1.54, 1.807) is 0 Å². The largest absolute Gasteiger partial charge is 0.306 e. The molecule has 2 rings (SSSR count). The highest BCUT2D eigenvalue weighted by Crippen LogP contribution is 2.24. The summed E-state index contributed by atoms with van der Waals surface area (Å²) < 4.78 is 0. The average Bonchev–Trinajstić information content (AvgIpc) is 2.35. The van der Waals surface area contributed by atoms with Crippen molar-refractivity contribution in [3.63, 3.8) is 0 Å². The fraction of sp³-hybridized carbons (Fsp3) is 0.375. The lowest BCUT2D eigenvalue weighted by Gasteiger charge is -2.20. The minimum atomic E-state index is 0.0589. The van der Waals surface area contributed by atoms with E-state index in [4.69, 9.17) is 11.6 Å². The van der Waals surface area contributed by atoms with Crippen molar-refractivity contribution in [3.05, 3.63) is 46.7 Å². The summed E-state index contributed by atoms with van der Waals surface area (Å²) in [7, 11) is 0. The van der Waals surface area contributed by atoms with Gasteiger partial charge in [-0.3, -0.25) is 0 Å². The van der Waals surface area contributed by atoms with Crippen LogP contribution in [-0.4, -0.2) is 15.5 Å². The molecule has 1 aromatic carbocycles. The number of hydrogen-bond donors (Lipinski definition) is 1. The van der Waals surface area contributed by atoms with E-state index in [0.717, 1.165) is 17.0 Å². The number of aromatic nitrogens is 2. The highest BCUT2D eigenvalue weighted by atomic mass is 35.5. The first-order valence-corrected chi connectivity index (χ1v) is 7.07. The van der Waals surface area contributed by atoms with E-state index in [2.05, 4.69) is 36.1 Å². The van der Waals surface area contributed by atoms with E-state index in [-0.39, 0.29) is 5.54 Å². The summed E-state index contributed by atoms with van der Waals surface area (Å²) >= 11 is 6.22. The molecule has 0 spiro atoms. The lowest BCUT2D eigenvalue weighted by molar-refractivity contribution is 0.421. The van der Waals surface area contributed by atoms with Crippen LogP contribution in [0.4, 0.5) is 0 Å². The van der Waals surface area contributed by atoms with Crippen molar-refractivity contribution in [1.82, 2.24) is 15.3 Å². The van der Waals surface area contributed by atoms with Gasteiger partial charge < -0.3 is 5.32 Å². The van der Waals surface area contributed by atoms with Crippen molar-refractivity contribution < 1.29 is 0 Å². The van der Waals surface area contributed by atoms with Crippen molar-refractivity contribution in [2.24, 2.45) is 0 Å². The van der Waals surface area contributed by atoms with Gasteiger partial charge in [0, 0.05) is 23.3 Å². The summed E-state index contributed by atoms with van der Waals surface area (Å²) in [5.74, 6) is 0.682. The molecule has 0 saturated carbocycles. The maximum Gasteiger partial charge on any atom is 0.161 e. The molecule has 0 atom stereocenters. The molecule has 2 aromatic rings. The van der Waals surface area contributed by atoms with E-state index in [0.29, 0.717) is 17.4 Å². The van der Waals surface area contributed by atoms with Gasteiger partial charge in [0.15, 0.2) is 5.82 Å². The molecule has 106 valence electrons. The van der Waals surface area contributed by atoms with Gasteiger partial charge >= 0.3 is 0 Å². The highest BCUT2D eigenvalue weighted by molar-refractivity contribution is 6.33. The Morgan fingerprint density at radius 2 is 1.85 bits per heavy atom. The van der Waals surface area contributed by atoms with Crippen molar-refractivity contribution in [3.8, 4) is 11.4 Å². The summed E-state index contributed by atoms with van der Waals surface area (Å²) in [6, 6.07) is 9.65. The number of hydrogen-bond acceptors (Lipinski definition) is 3. The molecule has 0 aliphatic rings. The number of halogens is 1. The van der Waals surface area contributed by atoms with E-state index < -0.39 is 0 Å². The minimum absolute atomic E-state index is 0.0589. The zero-order valence-electron chi connectivity index (χ0n) is 12.4. The number of aryl methyl sites for hydroxylation is 1. The molecule has 0 radical (unpaired) electrons. The first kappa shape index (κ1) is 14.9. The Labute approximate surface area is 125 Å². The zero-order chi connectivity index (χ0) is 14.8. The second-order valence-corrected chi connectivity index (χ2v) is 6.31. The van der Waals surface area contributed by atoms with Gasteiger partial charge in [0.05, 0.1) is 10.7 Å². The van der Waals surface area contributed by atoms with Gasteiger partial charge in [-0.15, -0.1) is 0 Å². The summed E-state index contributed by atoms with van der Waals surface area (Å²) in [5, 5.41) is 4.11.